The van der Waals surface area contributed by atoms with Crippen LogP contribution in [0, 0.1) is 11.3 Å². The number of rotatable bonds is 3. The van der Waals surface area contributed by atoms with Crippen molar-refractivity contribution in [3.05, 3.63) is 11.8 Å². The molecule has 3 heteroatoms. The Morgan fingerprint density at radius 2 is 2.27 bits per heavy atom. The molecule has 0 heterocycles. The van der Waals surface area contributed by atoms with Gasteiger partial charge in [-0.15, -0.1) is 0 Å². The Balaban J connectivity index is 4.38. The lowest BCUT2D eigenvalue weighted by Gasteiger charge is -2.20. The summed E-state index contributed by atoms with van der Waals surface area (Å²) < 4.78 is 5.04. The zero-order valence-electron chi connectivity index (χ0n) is 7.09. The highest BCUT2D eigenvalue weighted by Gasteiger charge is 2.20. The van der Waals surface area contributed by atoms with E-state index in [-0.39, 0.29) is 0 Å². The molecule has 0 aromatic carbocycles. The van der Waals surface area contributed by atoms with Crippen LogP contribution < -0.4 is 0 Å². The maximum absolute atomic E-state index is 9.40. The largest absolute Gasteiger partial charge is 0.494 e. The van der Waals surface area contributed by atoms with Gasteiger partial charge in [0.1, 0.15) is 11.4 Å². The number of ether oxygens (including phenoxy) is 1. The average Bonchev–Trinajstić information content (AvgIpc) is 1.85. The summed E-state index contributed by atoms with van der Waals surface area (Å²) >= 11 is 0. The van der Waals surface area contributed by atoms with Crippen molar-refractivity contribution >= 4 is 0 Å². The topological polar surface area (TPSA) is 53.2 Å². The maximum atomic E-state index is 9.40. The Kier molecular flexibility index (Phi) is 3.63. The number of aliphatic hydroxyl groups is 1. The summed E-state index contributed by atoms with van der Waals surface area (Å²) in [5, 5.41) is 17.7. The molecular weight excluding hydrogens is 142 g/mol. The summed E-state index contributed by atoms with van der Waals surface area (Å²) in [7, 11) is 0. The van der Waals surface area contributed by atoms with E-state index >= 15 is 0 Å². The molecule has 0 bridgehead atoms. The summed E-state index contributed by atoms with van der Waals surface area (Å²) in [4.78, 5) is 0. The van der Waals surface area contributed by atoms with Gasteiger partial charge in [0.2, 0.25) is 0 Å². The van der Waals surface area contributed by atoms with Crippen LogP contribution in [-0.4, -0.2) is 17.3 Å². The Morgan fingerprint density at radius 1 is 1.73 bits per heavy atom. The van der Waals surface area contributed by atoms with Crippen LogP contribution in [0.5, 0.6) is 0 Å². The lowest BCUT2D eigenvalue weighted by molar-refractivity contribution is 0.0427. The van der Waals surface area contributed by atoms with Crippen LogP contribution in [0.25, 0.3) is 0 Å². The molecule has 0 spiro atoms. The predicted molar refractivity (Wildman–Crippen MR) is 41.6 cm³/mol. The van der Waals surface area contributed by atoms with E-state index in [1.807, 2.05) is 6.07 Å². The van der Waals surface area contributed by atoms with Crippen molar-refractivity contribution in [3.63, 3.8) is 0 Å². The fraction of sp³-hybridized carbons (Fsp3) is 0.625. The normalized spacial score (nSPS) is 12.5. The highest BCUT2D eigenvalue weighted by Crippen LogP contribution is 2.15. The minimum absolute atomic E-state index is 0.308. The lowest BCUT2D eigenvalue weighted by atomic mass is 10.1. The standard InChI is InChI=1S/C8H13NO2/c1-4-11-7(5-6-9)8(2,3)10/h5,10H,4H2,1-3H3. The Bertz CT molecular complexity index is 183. The molecule has 1 N–H and O–H groups in total. The quantitative estimate of drug-likeness (QED) is 0.492. The van der Waals surface area contributed by atoms with Gasteiger partial charge in [-0.3, -0.25) is 0 Å². The van der Waals surface area contributed by atoms with Crippen LogP contribution >= 0.6 is 0 Å². The monoisotopic (exact) mass is 155 g/mol. The van der Waals surface area contributed by atoms with E-state index in [4.69, 9.17) is 10.00 Å². The third kappa shape index (κ3) is 3.64. The van der Waals surface area contributed by atoms with Crippen molar-refractivity contribution < 1.29 is 9.84 Å². The van der Waals surface area contributed by atoms with Crippen molar-refractivity contribution in [2.45, 2.75) is 26.4 Å². The Morgan fingerprint density at radius 3 is 2.55 bits per heavy atom. The number of nitrogens with zero attached hydrogens (tertiary/aromatic N) is 1. The van der Waals surface area contributed by atoms with Gasteiger partial charge in [0.25, 0.3) is 0 Å². The molecule has 0 atom stereocenters. The highest BCUT2D eigenvalue weighted by atomic mass is 16.5. The molecular formula is C8H13NO2. The first-order valence-corrected chi connectivity index (χ1v) is 3.47. The smallest absolute Gasteiger partial charge is 0.137 e. The summed E-state index contributed by atoms with van der Waals surface area (Å²) in [6.07, 6.45) is 1.21. The third-order valence-electron chi connectivity index (χ3n) is 1.10. The van der Waals surface area contributed by atoms with Gasteiger partial charge in [-0.25, -0.2) is 0 Å². The molecule has 11 heavy (non-hydrogen) atoms. The molecule has 0 rings (SSSR count). The number of nitriles is 1. The van der Waals surface area contributed by atoms with Gasteiger partial charge in [0, 0.05) is 0 Å². The number of allylic oxidation sites excluding steroid dienone is 1. The second-order valence-corrected chi connectivity index (χ2v) is 2.63. The minimum atomic E-state index is -1.06. The fourth-order valence-corrected chi connectivity index (χ4v) is 0.609. The molecule has 0 aliphatic carbocycles. The van der Waals surface area contributed by atoms with Gasteiger partial charge < -0.3 is 9.84 Å². The van der Waals surface area contributed by atoms with Gasteiger partial charge >= 0.3 is 0 Å². The van der Waals surface area contributed by atoms with Gasteiger partial charge in [0.15, 0.2) is 0 Å². The van der Waals surface area contributed by atoms with Crippen LogP contribution in [0.2, 0.25) is 0 Å². The third-order valence-corrected chi connectivity index (χ3v) is 1.10. The van der Waals surface area contributed by atoms with Crippen molar-refractivity contribution in [1.29, 1.82) is 5.26 Å². The van der Waals surface area contributed by atoms with E-state index in [2.05, 4.69) is 0 Å². The molecule has 3 nitrogen and oxygen atoms in total. The van der Waals surface area contributed by atoms with E-state index in [0.717, 1.165) is 0 Å². The van der Waals surface area contributed by atoms with Gasteiger partial charge in [-0.05, 0) is 20.8 Å². The number of hydrogen-bond donors (Lipinski definition) is 1. The first-order chi connectivity index (χ1) is 5.02. The molecule has 0 radical (unpaired) electrons. The van der Waals surface area contributed by atoms with E-state index < -0.39 is 5.60 Å². The Labute approximate surface area is 66.9 Å². The second kappa shape index (κ2) is 3.99. The van der Waals surface area contributed by atoms with Crippen LogP contribution in [0.4, 0.5) is 0 Å². The molecule has 0 saturated heterocycles. The molecule has 0 saturated carbocycles. The predicted octanol–water partition coefficient (Wildman–Crippen LogP) is 1.20. The fourth-order valence-electron chi connectivity index (χ4n) is 0.609. The van der Waals surface area contributed by atoms with Crippen LogP contribution in [0.1, 0.15) is 20.8 Å². The first kappa shape index (κ1) is 9.99. The van der Waals surface area contributed by atoms with Crippen molar-refractivity contribution in [2.24, 2.45) is 0 Å². The maximum Gasteiger partial charge on any atom is 0.137 e. The molecule has 62 valence electrons. The zero-order valence-corrected chi connectivity index (χ0v) is 7.09. The van der Waals surface area contributed by atoms with Gasteiger partial charge in [-0.1, -0.05) is 0 Å². The Hall–Kier alpha value is -1.01. The van der Waals surface area contributed by atoms with Crippen molar-refractivity contribution in [3.8, 4) is 6.07 Å². The highest BCUT2D eigenvalue weighted by molar-refractivity contribution is 5.15. The van der Waals surface area contributed by atoms with Crippen molar-refractivity contribution in [1.82, 2.24) is 0 Å². The second-order valence-electron chi connectivity index (χ2n) is 2.63. The molecule has 0 fully saturated rings. The molecule has 0 unspecified atom stereocenters. The summed E-state index contributed by atoms with van der Waals surface area (Å²) in [6, 6.07) is 1.81. The molecule has 0 aromatic heterocycles. The van der Waals surface area contributed by atoms with Gasteiger partial charge in [-0.2, -0.15) is 5.26 Å². The van der Waals surface area contributed by atoms with E-state index in [1.54, 1.807) is 20.8 Å². The van der Waals surface area contributed by atoms with E-state index in [1.165, 1.54) is 6.08 Å². The van der Waals surface area contributed by atoms with Crippen molar-refractivity contribution in [2.75, 3.05) is 6.61 Å². The van der Waals surface area contributed by atoms with E-state index in [9.17, 15) is 5.11 Å². The SMILES string of the molecule is CCOC(=CC#N)C(C)(C)O. The minimum Gasteiger partial charge on any atom is -0.494 e. The van der Waals surface area contributed by atoms with Crippen LogP contribution in [0.15, 0.2) is 11.8 Å². The van der Waals surface area contributed by atoms with Crippen LogP contribution in [0.3, 0.4) is 0 Å². The zero-order chi connectivity index (χ0) is 8.91. The lowest BCUT2D eigenvalue weighted by Crippen LogP contribution is -2.23. The molecule has 0 aromatic rings. The first-order valence-electron chi connectivity index (χ1n) is 3.47. The van der Waals surface area contributed by atoms with Gasteiger partial charge in [0.05, 0.1) is 18.8 Å². The molecule has 0 aliphatic heterocycles. The number of hydrogen-bond acceptors (Lipinski definition) is 3. The van der Waals surface area contributed by atoms with E-state index in [0.29, 0.717) is 12.4 Å². The summed E-state index contributed by atoms with van der Waals surface area (Å²) in [5.41, 5.74) is -1.06. The molecule has 0 aliphatic rings. The van der Waals surface area contributed by atoms with Crippen LogP contribution in [-0.2, 0) is 4.74 Å². The summed E-state index contributed by atoms with van der Waals surface area (Å²) in [5.74, 6) is 0.308. The summed E-state index contributed by atoms with van der Waals surface area (Å²) in [6.45, 7) is 5.41. The molecule has 0 amide bonds. The average molecular weight is 155 g/mol.